The number of hydrogen-bond acceptors (Lipinski definition) is 1. The van der Waals surface area contributed by atoms with Crippen molar-refractivity contribution in [2.75, 3.05) is 7.11 Å². The van der Waals surface area contributed by atoms with Crippen LogP contribution in [0, 0.1) is 6.92 Å². The lowest BCUT2D eigenvalue weighted by atomic mass is 10.1. The fourth-order valence-electron chi connectivity index (χ4n) is 0.843. The van der Waals surface area contributed by atoms with Crippen molar-refractivity contribution in [2.24, 2.45) is 0 Å². The molecule has 1 nitrogen and oxygen atoms in total. The Balaban J connectivity index is 2.86. The lowest BCUT2D eigenvalue weighted by Crippen LogP contribution is -1.94. The minimum Gasteiger partial charge on any atom is -0.377 e. The molecule has 0 saturated carbocycles. The summed E-state index contributed by atoms with van der Waals surface area (Å²) in [7, 11) is 1.62. The molecule has 0 heterocycles. The second-order valence-corrected chi connectivity index (χ2v) is 2.72. The summed E-state index contributed by atoms with van der Waals surface area (Å²) in [5, 5.41) is 0.716. The van der Waals surface area contributed by atoms with Gasteiger partial charge in [0.25, 0.3) is 0 Å². The van der Waals surface area contributed by atoms with Gasteiger partial charge in [-0.3, -0.25) is 0 Å². The van der Waals surface area contributed by atoms with Gasteiger partial charge in [-0.15, -0.1) is 0 Å². The average Bonchev–Trinajstić information content (AvgIpc) is 2.03. The number of ether oxygens (including phenoxy) is 1. The highest BCUT2D eigenvalue weighted by Crippen LogP contribution is 2.18. The molecule has 59 valence electrons. The monoisotopic (exact) mass is 169 g/mol. The fraction of sp³-hybridized carbons (Fsp3) is 0.222. The van der Waals surface area contributed by atoms with Crippen LogP contribution in [0.25, 0.3) is 0 Å². The van der Waals surface area contributed by atoms with Crippen LogP contribution in [-0.4, -0.2) is 7.11 Å². The molecule has 11 heavy (non-hydrogen) atoms. The van der Waals surface area contributed by atoms with Crippen LogP contribution >= 0.6 is 11.6 Å². The van der Waals surface area contributed by atoms with Crippen molar-refractivity contribution in [3.05, 3.63) is 41.8 Å². The molecular formula is C9H10ClO. The maximum atomic E-state index is 5.76. The van der Waals surface area contributed by atoms with Gasteiger partial charge in [0.05, 0.1) is 6.10 Å². The van der Waals surface area contributed by atoms with Crippen LogP contribution in [0.3, 0.4) is 0 Å². The highest BCUT2D eigenvalue weighted by Gasteiger charge is 2.02. The third kappa shape index (κ3) is 2.21. The Hall–Kier alpha value is -0.530. The van der Waals surface area contributed by atoms with Crippen molar-refractivity contribution in [3.63, 3.8) is 0 Å². The van der Waals surface area contributed by atoms with Crippen molar-refractivity contribution in [1.29, 1.82) is 0 Å². The molecule has 1 unspecified atom stereocenters. The second-order valence-electron chi connectivity index (χ2n) is 2.28. The Labute approximate surface area is 71.9 Å². The molecule has 1 aromatic rings. The molecule has 1 atom stereocenters. The Morgan fingerprint density at radius 3 is 2.82 bits per heavy atom. The second kappa shape index (κ2) is 3.74. The van der Waals surface area contributed by atoms with E-state index >= 15 is 0 Å². The molecule has 0 aromatic heterocycles. The molecule has 0 N–H and O–H groups in total. The third-order valence-corrected chi connectivity index (χ3v) is 1.74. The van der Waals surface area contributed by atoms with Gasteiger partial charge >= 0.3 is 0 Å². The van der Waals surface area contributed by atoms with Crippen LogP contribution in [0.1, 0.15) is 11.7 Å². The molecule has 0 spiro atoms. The molecule has 0 amide bonds. The summed E-state index contributed by atoms with van der Waals surface area (Å²) in [5.41, 5.74) is 1.00. The largest absolute Gasteiger partial charge is 0.377 e. The molecule has 0 aliphatic carbocycles. The van der Waals surface area contributed by atoms with Gasteiger partial charge in [0.15, 0.2) is 0 Å². The summed E-state index contributed by atoms with van der Waals surface area (Å²) < 4.78 is 5.02. The first-order valence-corrected chi connectivity index (χ1v) is 3.73. The average molecular weight is 170 g/mol. The van der Waals surface area contributed by atoms with Crippen molar-refractivity contribution >= 4 is 11.6 Å². The van der Waals surface area contributed by atoms with E-state index in [1.54, 1.807) is 7.11 Å². The first-order chi connectivity index (χ1) is 5.24. The van der Waals surface area contributed by atoms with Crippen LogP contribution in [0.5, 0.6) is 0 Å². The van der Waals surface area contributed by atoms with Crippen molar-refractivity contribution in [3.8, 4) is 0 Å². The van der Waals surface area contributed by atoms with Gasteiger partial charge in [0.2, 0.25) is 0 Å². The van der Waals surface area contributed by atoms with Crippen LogP contribution < -0.4 is 0 Å². The van der Waals surface area contributed by atoms with E-state index in [-0.39, 0.29) is 6.10 Å². The Bertz CT molecular complexity index is 235. The zero-order chi connectivity index (χ0) is 8.27. The van der Waals surface area contributed by atoms with E-state index < -0.39 is 0 Å². The smallest absolute Gasteiger partial charge is 0.0822 e. The Morgan fingerprint density at radius 2 is 2.27 bits per heavy atom. The highest BCUT2D eigenvalue weighted by atomic mass is 35.5. The van der Waals surface area contributed by atoms with E-state index in [2.05, 4.69) is 6.92 Å². The van der Waals surface area contributed by atoms with Gasteiger partial charge in [-0.2, -0.15) is 0 Å². The normalized spacial score (nSPS) is 13.0. The van der Waals surface area contributed by atoms with Gasteiger partial charge < -0.3 is 4.74 Å². The number of benzene rings is 1. The van der Waals surface area contributed by atoms with E-state index in [1.807, 2.05) is 24.3 Å². The summed E-state index contributed by atoms with van der Waals surface area (Å²) in [6.07, 6.45) is -0.131. The van der Waals surface area contributed by atoms with Crippen molar-refractivity contribution in [2.45, 2.75) is 6.10 Å². The molecule has 0 saturated heterocycles. The van der Waals surface area contributed by atoms with E-state index in [0.29, 0.717) is 5.02 Å². The highest BCUT2D eigenvalue weighted by molar-refractivity contribution is 6.30. The van der Waals surface area contributed by atoms with Gasteiger partial charge in [-0.05, 0) is 24.6 Å². The first kappa shape index (κ1) is 8.57. The molecule has 0 aliphatic rings. The van der Waals surface area contributed by atoms with E-state index in [4.69, 9.17) is 16.3 Å². The maximum absolute atomic E-state index is 5.76. The minimum absolute atomic E-state index is 0.131. The van der Waals surface area contributed by atoms with Crippen LogP contribution in [0.4, 0.5) is 0 Å². The fourth-order valence-corrected chi connectivity index (χ4v) is 1.04. The molecule has 0 bridgehead atoms. The molecule has 0 fully saturated rings. The predicted molar refractivity (Wildman–Crippen MR) is 46.6 cm³/mol. The lowest BCUT2D eigenvalue weighted by molar-refractivity contribution is 0.140. The molecule has 2 heteroatoms. The Morgan fingerprint density at radius 1 is 1.55 bits per heavy atom. The quantitative estimate of drug-likeness (QED) is 0.662. The van der Waals surface area contributed by atoms with E-state index in [0.717, 1.165) is 5.56 Å². The van der Waals surface area contributed by atoms with E-state index in [1.165, 1.54) is 0 Å². The van der Waals surface area contributed by atoms with Gasteiger partial charge in [-0.1, -0.05) is 23.7 Å². The predicted octanol–water partition coefficient (Wildman–Crippen LogP) is 2.86. The van der Waals surface area contributed by atoms with Crippen LogP contribution in [0.2, 0.25) is 5.02 Å². The summed E-state index contributed by atoms with van der Waals surface area (Å²) in [6, 6.07) is 7.50. The summed E-state index contributed by atoms with van der Waals surface area (Å²) in [4.78, 5) is 0. The molecule has 1 aromatic carbocycles. The number of hydrogen-bond donors (Lipinski definition) is 0. The van der Waals surface area contributed by atoms with E-state index in [9.17, 15) is 0 Å². The maximum Gasteiger partial charge on any atom is 0.0822 e. The van der Waals surface area contributed by atoms with Gasteiger partial charge in [0.1, 0.15) is 0 Å². The molecule has 0 aliphatic heterocycles. The molecule has 1 radical (unpaired) electrons. The number of rotatable bonds is 2. The molecular weight excluding hydrogens is 160 g/mol. The first-order valence-electron chi connectivity index (χ1n) is 3.35. The summed E-state index contributed by atoms with van der Waals surface area (Å²) in [5.74, 6) is 0. The summed E-state index contributed by atoms with van der Waals surface area (Å²) >= 11 is 5.76. The zero-order valence-electron chi connectivity index (χ0n) is 6.38. The third-order valence-electron chi connectivity index (χ3n) is 1.50. The van der Waals surface area contributed by atoms with Crippen LogP contribution in [-0.2, 0) is 4.74 Å². The topological polar surface area (TPSA) is 9.23 Å². The summed E-state index contributed by atoms with van der Waals surface area (Å²) in [6.45, 7) is 3.79. The standard InChI is InChI=1S/C9H10ClO/c1-7(11-2)8-4-3-5-9(10)6-8/h3-7H,1H2,2H3. The number of halogens is 1. The van der Waals surface area contributed by atoms with Crippen molar-refractivity contribution < 1.29 is 4.74 Å². The van der Waals surface area contributed by atoms with Gasteiger partial charge in [-0.25, -0.2) is 0 Å². The minimum atomic E-state index is -0.131. The Kier molecular flexibility index (Phi) is 2.92. The lowest BCUT2D eigenvalue weighted by Gasteiger charge is -2.08. The number of methoxy groups -OCH3 is 1. The van der Waals surface area contributed by atoms with Gasteiger partial charge in [0, 0.05) is 12.1 Å². The van der Waals surface area contributed by atoms with Crippen molar-refractivity contribution in [1.82, 2.24) is 0 Å². The zero-order valence-corrected chi connectivity index (χ0v) is 7.14. The SMILES string of the molecule is [CH2]C(OC)c1cccc(Cl)c1. The van der Waals surface area contributed by atoms with Crippen LogP contribution in [0.15, 0.2) is 24.3 Å². The molecule has 1 rings (SSSR count).